The summed E-state index contributed by atoms with van der Waals surface area (Å²) >= 11 is 0. The molecule has 6 heteroatoms. The predicted octanol–water partition coefficient (Wildman–Crippen LogP) is 3.50. The summed E-state index contributed by atoms with van der Waals surface area (Å²) in [7, 11) is 0. The van der Waals surface area contributed by atoms with Gasteiger partial charge in [0.2, 0.25) is 5.91 Å². The number of nitrogens with one attached hydrogen (secondary N) is 3. The van der Waals surface area contributed by atoms with Crippen LogP contribution < -0.4 is 10.6 Å². The summed E-state index contributed by atoms with van der Waals surface area (Å²) < 4.78 is 0. The number of imidazole rings is 1. The third-order valence-corrected chi connectivity index (χ3v) is 4.47. The summed E-state index contributed by atoms with van der Waals surface area (Å²) in [6.45, 7) is 6.04. The van der Waals surface area contributed by atoms with Gasteiger partial charge in [0.15, 0.2) is 0 Å². The van der Waals surface area contributed by atoms with Crippen molar-refractivity contribution in [1.82, 2.24) is 20.6 Å². The van der Waals surface area contributed by atoms with E-state index in [1.165, 1.54) is 0 Å². The van der Waals surface area contributed by atoms with Crippen LogP contribution in [-0.2, 0) is 4.79 Å². The Kier molecular flexibility index (Phi) is 6.09. The zero-order chi connectivity index (χ0) is 20.1. The van der Waals surface area contributed by atoms with E-state index in [0.717, 1.165) is 28.8 Å². The highest BCUT2D eigenvalue weighted by Crippen LogP contribution is 2.21. The molecule has 28 heavy (non-hydrogen) atoms. The van der Waals surface area contributed by atoms with Crippen molar-refractivity contribution in [3.8, 4) is 0 Å². The number of nitrogens with zero attached hydrogens (tertiary/aromatic N) is 1. The Hall–Kier alpha value is -3.15. The molecule has 0 saturated heterocycles. The summed E-state index contributed by atoms with van der Waals surface area (Å²) in [5.74, 6) is 0.601. The van der Waals surface area contributed by atoms with Crippen LogP contribution in [0, 0.1) is 12.8 Å². The topological polar surface area (TPSA) is 86.9 Å². The van der Waals surface area contributed by atoms with Crippen LogP contribution in [0.3, 0.4) is 0 Å². The number of carbonyl (C=O) groups excluding carboxylic acids is 2. The van der Waals surface area contributed by atoms with Gasteiger partial charge in [-0.15, -0.1) is 0 Å². The van der Waals surface area contributed by atoms with Gasteiger partial charge in [-0.25, -0.2) is 4.98 Å². The summed E-state index contributed by atoms with van der Waals surface area (Å²) in [6, 6.07) is 14.8. The van der Waals surface area contributed by atoms with Gasteiger partial charge in [0.25, 0.3) is 5.91 Å². The van der Waals surface area contributed by atoms with Crippen molar-refractivity contribution in [3.05, 3.63) is 65.5 Å². The lowest BCUT2D eigenvalue weighted by Gasteiger charge is -2.19. The zero-order valence-electron chi connectivity index (χ0n) is 16.5. The maximum absolute atomic E-state index is 12.5. The Bertz CT molecular complexity index is 944. The highest BCUT2D eigenvalue weighted by atomic mass is 16.2. The van der Waals surface area contributed by atoms with Gasteiger partial charge in [-0.1, -0.05) is 43.7 Å². The molecule has 0 fully saturated rings. The van der Waals surface area contributed by atoms with Crippen LogP contribution in [0.2, 0.25) is 0 Å². The molecule has 146 valence electrons. The van der Waals surface area contributed by atoms with Crippen molar-refractivity contribution in [3.63, 3.8) is 0 Å². The summed E-state index contributed by atoms with van der Waals surface area (Å²) in [6.07, 6.45) is 0.747. The van der Waals surface area contributed by atoms with Crippen molar-refractivity contribution in [2.45, 2.75) is 33.2 Å². The Labute approximate surface area is 164 Å². The molecule has 1 heterocycles. The first kappa shape index (κ1) is 19.6. The summed E-state index contributed by atoms with van der Waals surface area (Å²) in [4.78, 5) is 32.6. The third kappa shape index (κ3) is 4.97. The second-order valence-electron chi connectivity index (χ2n) is 7.44. The van der Waals surface area contributed by atoms with Gasteiger partial charge in [-0.3, -0.25) is 9.59 Å². The number of aryl methyl sites for hydroxylation is 1. The van der Waals surface area contributed by atoms with Gasteiger partial charge in [-0.2, -0.15) is 0 Å². The number of rotatable bonds is 7. The average Bonchev–Trinajstić information content (AvgIpc) is 3.09. The second-order valence-corrected chi connectivity index (χ2v) is 7.44. The number of H-pyrrole nitrogens is 1. The average molecular weight is 378 g/mol. The van der Waals surface area contributed by atoms with E-state index in [2.05, 4.69) is 34.4 Å². The molecule has 2 amide bonds. The molecule has 0 bridgehead atoms. The molecule has 0 unspecified atom stereocenters. The van der Waals surface area contributed by atoms with Crippen LogP contribution in [0.25, 0.3) is 11.0 Å². The molecule has 3 rings (SSSR count). The zero-order valence-corrected chi connectivity index (χ0v) is 16.5. The minimum atomic E-state index is -0.261. The lowest BCUT2D eigenvalue weighted by molar-refractivity contribution is -0.121. The maximum atomic E-state index is 12.5. The molecule has 3 N–H and O–H groups in total. The van der Waals surface area contributed by atoms with Gasteiger partial charge in [0, 0.05) is 5.56 Å². The molecule has 0 spiro atoms. The van der Waals surface area contributed by atoms with Crippen molar-refractivity contribution in [2.24, 2.45) is 5.92 Å². The van der Waals surface area contributed by atoms with E-state index < -0.39 is 0 Å². The Balaban J connectivity index is 1.65. The smallest absolute Gasteiger partial charge is 0.251 e. The first-order valence-corrected chi connectivity index (χ1v) is 9.51. The molecule has 0 radical (unpaired) electrons. The number of para-hydroxylation sites is 2. The molecule has 0 aliphatic rings. The van der Waals surface area contributed by atoms with E-state index >= 15 is 0 Å². The van der Waals surface area contributed by atoms with Gasteiger partial charge in [0.05, 0.1) is 23.6 Å². The standard InChI is InChI=1S/C22H26N4O2/c1-14(2)11-19(21-25-17-9-4-5-10-18(17)26-21)24-20(27)13-23-22(28)16-8-6-7-15(3)12-16/h4-10,12,14,19H,11,13H2,1-3H3,(H,23,28)(H,24,27)(H,25,26)/t19-/m1/s1. The van der Waals surface area contributed by atoms with Crippen LogP contribution in [-0.4, -0.2) is 28.3 Å². The summed E-state index contributed by atoms with van der Waals surface area (Å²) in [5.41, 5.74) is 3.35. The van der Waals surface area contributed by atoms with Crippen molar-refractivity contribution >= 4 is 22.8 Å². The lowest BCUT2D eigenvalue weighted by Crippen LogP contribution is -2.39. The molecule has 3 aromatic rings. The number of carbonyl (C=O) groups is 2. The molecule has 2 aromatic carbocycles. The Morgan fingerprint density at radius 1 is 1.11 bits per heavy atom. The number of fused-ring (bicyclic) bond motifs is 1. The first-order chi connectivity index (χ1) is 13.4. The molecular formula is C22H26N4O2. The van der Waals surface area contributed by atoms with Crippen molar-refractivity contribution in [2.75, 3.05) is 6.54 Å². The Morgan fingerprint density at radius 3 is 2.61 bits per heavy atom. The quantitative estimate of drug-likeness (QED) is 0.588. The van der Waals surface area contributed by atoms with E-state index in [-0.39, 0.29) is 24.4 Å². The van der Waals surface area contributed by atoms with Crippen LogP contribution in [0.1, 0.15) is 48.1 Å². The molecule has 0 saturated carbocycles. The number of amides is 2. The minimum Gasteiger partial charge on any atom is -0.345 e. The monoisotopic (exact) mass is 378 g/mol. The minimum absolute atomic E-state index is 0.0817. The van der Waals surface area contributed by atoms with E-state index in [4.69, 9.17) is 0 Å². The fraction of sp³-hybridized carbons (Fsp3) is 0.318. The maximum Gasteiger partial charge on any atom is 0.251 e. The SMILES string of the molecule is Cc1cccc(C(=O)NCC(=O)N[C@H](CC(C)C)c2nc3ccccc3[nH]2)c1. The van der Waals surface area contributed by atoms with Gasteiger partial charge in [0.1, 0.15) is 5.82 Å². The van der Waals surface area contributed by atoms with E-state index in [0.29, 0.717) is 11.5 Å². The normalized spacial score (nSPS) is 12.1. The van der Waals surface area contributed by atoms with Crippen molar-refractivity contribution in [1.29, 1.82) is 0 Å². The highest BCUT2D eigenvalue weighted by molar-refractivity contribution is 5.96. The fourth-order valence-electron chi connectivity index (χ4n) is 3.14. The second kappa shape index (κ2) is 8.69. The summed E-state index contributed by atoms with van der Waals surface area (Å²) in [5, 5.41) is 5.68. The van der Waals surface area contributed by atoms with Gasteiger partial charge >= 0.3 is 0 Å². The number of aromatic nitrogens is 2. The van der Waals surface area contributed by atoms with E-state index in [9.17, 15) is 9.59 Å². The van der Waals surface area contributed by atoms with E-state index in [1.807, 2.05) is 43.3 Å². The highest BCUT2D eigenvalue weighted by Gasteiger charge is 2.20. The molecule has 1 aromatic heterocycles. The number of benzene rings is 2. The first-order valence-electron chi connectivity index (χ1n) is 9.51. The molecule has 1 atom stereocenters. The number of hydrogen-bond acceptors (Lipinski definition) is 3. The van der Waals surface area contributed by atoms with Crippen LogP contribution >= 0.6 is 0 Å². The van der Waals surface area contributed by atoms with E-state index in [1.54, 1.807) is 12.1 Å². The Morgan fingerprint density at radius 2 is 1.89 bits per heavy atom. The third-order valence-electron chi connectivity index (χ3n) is 4.47. The van der Waals surface area contributed by atoms with Gasteiger partial charge < -0.3 is 15.6 Å². The molecule has 0 aliphatic heterocycles. The molecular weight excluding hydrogens is 352 g/mol. The predicted molar refractivity (Wildman–Crippen MR) is 110 cm³/mol. The molecule has 0 aliphatic carbocycles. The largest absolute Gasteiger partial charge is 0.345 e. The van der Waals surface area contributed by atoms with Gasteiger partial charge in [-0.05, 0) is 43.5 Å². The fourth-order valence-corrected chi connectivity index (χ4v) is 3.14. The van der Waals surface area contributed by atoms with Crippen LogP contribution in [0.5, 0.6) is 0 Å². The number of hydrogen-bond donors (Lipinski definition) is 3. The number of aromatic amines is 1. The van der Waals surface area contributed by atoms with Crippen LogP contribution in [0.15, 0.2) is 48.5 Å². The van der Waals surface area contributed by atoms with Crippen LogP contribution in [0.4, 0.5) is 0 Å². The van der Waals surface area contributed by atoms with Crippen molar-refractivity contribution < 1.29 is 9.59 Å². The lowest BCUT2D eigenvalue weighted by atomic mass is 10.0. The molecule has 6 nitrogen and oxygen atoms in total.